The van der Waals surface area contributed by atoms with E-state index in [-0.39, 0.29) is 6.10 Å². The zero-order chi connectivity index (χ0) is 16.4. The minimum atomic E-state index is -0.214. The first-order valence-electron chi connectivity index (χ1n) is 9.26. The quantitative estimate of drug-likeness (QED) is 0.892. The molecule has 2 N–H and O–H groups in total. The predicted molar refractivity (Wildman–Crippen MR) is 94.6 cm³/mol. The van der Waals surface area contributed by atoms with Crippen LogP contribution in [0.2, 0.25) is 0 Å². The summed E-state index contributed by atoms with van der Waals surface area (Å²) >= 11 is 0. The van der Waals surface area contributed by atoms with E-state index in [1.54, 1.807) is 7.11 Å². The highest BCUT2D eigenvalue weighted by atomic mass is 16.5. The molecule has 0 amide bonds. The average Bonchev–Trinajstić information content (AvgIpc) is 2.92. The van der Waals surface area contributed by atoms with Crippen LogP contribution in [0.25, 0.3) is 10.9 Å². The molecule has 1 aromatic carbocycles. The van der Waals surface area contributed by atoms with E-state index < -0.39 is 0 Å². The van der Waals surface area contributed by atoms with Crippen molar-refractivity contribution >= 4 is 10.9 Å². The summed E-state index contributed by atoms with van der Waals surface area (Å²) in [6, 6.07) is 6.86. The third-order valence-corrected chi connectivity index (χ3v) is 6.74. The summed E-state index contributed by atoms with van der Waals surface area (Å²) < 4.78 is 5.44. The first-order valence-corrected chi connectivity index (χ1v) is 9.26. The average molecular weight is 326 g/mol. The van der Waals surface area contributed by atoms with Gasteiger partial charge in [0.1, 0.15) is 5.75 Å². The van der Waals surface area contributed by atoms with E-state index in [9.17, 15) is 5.11 Å². The van der Waals surface area contributed by atoms with E-state index in [0.717, 1.165) is 24.6 Å². The molecular formula is C20H26N2O2. The first-order chi connectivity index (χ1) is 11.7. The second-order valence-electron chi connectivity index (χ2n) is 8.01. The Morgan fingerprint density at radius 3 is 3.00 bits per heavy atom. The van der Waals surface area contributed by atoms with Crippen LogP contribution in [0.4, 0.5) is 0 Å². The molecular weight excluding hydrogens is 300 g/mol. The number of nitrogens with one attached hydrogen (secondary N) is 1. The van der Waals surface area contributed by atoms with Crippen LogP contribution in [0.3, 0.4) is 0 Å². The highest BCUT2D eigenvalue weighted by Crippen LogP contribution is 2.51. The van der Waals surface area contributed by atoms with Gasteiger partial charge in [0.2, 0.25) is 0 Å². The van der Waals surface area contributed by atoms with Crippen LogP contribution >= 0.6 is 0 Å². The molecule has 3 fully saturated rings. The topological polar surface area (TPSA) is 48.5 Å². The number of aliphatic hydroxyl groups is 1. The molecule has 24 heavy (non-hydrogen) atoms. The van der Waals surface area contributed by atoms with E-state index >= 15 is 0 Å². The molecule has 4 heteroatoms. The lowest BCUT2D eigenvalue weighted by Gasteiger charge is -2.54. The first kappa shape index (κ1) is 14.8. The number of methoxy groups -OCH3 is 1. The van der Waals surface area contributed by atoms with Crippen molar-refractivity contribution in [2.75, 3.05) is 20.2 Å². The molecule has 2 saturated heterocycles. The van der Waals surface area contributed by atoms with Crippen LogP contribution in [-0.4, -0.2) is 47.3 Å². The second kappa shape index (κ2) is 5.24. The van der Waals surface area contributed by atoms with Gasteiger partial charge in [-0.1, -0.05) is 0 Å². The van der Waals surface area contributed by atoms with Crippen LogP contribution in [0, 0.1) is 11.8 Å². The number of benzene rings is 1. The Morgan fingerprint density at radius 1 is 1.33 bits per heavy atom. The molecule has 6 rings (SSSR count). The SMILES string of the molecule is COc1ccc2[nH]c3c(c2c1)CCN1CC2CC3C1C(C(C)O)C2. The Labute approximate surface area is 142 Å². The van der Waals surface area contributed by atoms with Gasteiger partial charge in [-0.25, -0.2) is 0 Å². The van der Waals surface area contributed by atoms with Crippen LogP contribution in [0.1, 0.15) is 36.9 Å². The highest BCUT2D eigenvalue weighted by molar-refractivity contribution is 5.86. The standard InChI is InChI=1S/C20H26N2O2/c1-11(23)15-7-12-8-17-19-14(5-6-22(10-12)20(15)17)16-9-13(24-2)3-4-18(16)21-19/h3-4,9,11-12,15,17,20-21,23H,5-8,10H2,1-2H3. The van der Waals surface area contributed by atoms with Gasteiger partial charge in [-0.3, -0.25) is 4.90 Å². The van der Waals surface area contributed by atoms with E-state index in [0.29, 0.717) is 17.9 Å². The van der Waals surface area contributed by atoms with Crippen molar-refractivity contribution in [2.24, 2.45) is 11.8 Å². The van der Waals surface area contributed by atoms with Crippen molar-refractivity contribution in [1.82, 2.24) is 9.88 Å². The lowest BCUT2D eigenvalue weighted by atomic mass is 9.64. The molecule has 1 aliphatic carbocycles. The van der Waals surface area contributed by atoms with Crippen molar-refractivity contribution < 1.29 is 9.84 Å². The Morgan fingerprint density at radius 2 is 2.21 bits per heavy atom. The van der Waals surface area contributed by atoms with Gasteiger partial charge in [0.25, 0.3) is 0 Å². The fraction of sp³-hybridized carbons (Fsp3) is 0.600. The number of rotatable bonds is 2. The maximum absolute atomic E-state index is 10.3. The highest BCUT2D eigenvalue weighted by Gasteiger charge is 2.50. The summed E-state index contributed by atoms with van der Waals surface area (Å²) in [5.41, 5.74) is 4.14. The smallest absolute Gasteiger partial charge is 0.119 e. The third-order valence-electron chi connectivity index (χ3n) is 6.74. The fourth-order valence-electron chi connectivity index (χ4n) is 5.77. The van der Waals surface area contributed by atoms with Gasteiger partial charge >= 0.3 is 0 Å². The van der Waals surface area contributed by atoms with Gasteiger partial charge in [0.05, 0.1) is 13.2 Å². The van der Waals surface area contributed by atoms with Crippen molar-refractivity contribution in [3.63, 3.8) is 0 Å². The third kappa shape index (κ3) is 1.99. The minimum Gasteiger partial charge on any atom is -0.497 e. The molecule has 0 spiro atoms. The monoisotopic (exact) mass is 326 g/mol. The maximum atomic E-state index is 10.3. The van der Waals surface area contributed by atoms with Crippen LogP contribution in [0.15, 0.2) is 18.2 Å². The molecule has 4 bridgehead atoms. The summed E-state index contributed by atoms with van der Waals surface area (Å²) in [7, 11) is 1.73. The lowest BCUT2D eigenvalue weighted by Crippen LogP contribution is -2.58. The summed E-state index contributed by atoms with van der Waals surface area (Å²) in [4.78, 5) is 6.41. The number of fused-ring (bicyclic) bond motifs is 4. The molecule has 4 heterocycles. The van der Waals surface area contributed by atoms with Gasteiger partial charge in [-0.2, -0.15) is 0 Å². The molecule has 1 saturated carbocycles. The minimum absolute atomic E-state index is 0.214. The number of hydrogen-bond acceptors (Lipinski definition) is 3. The van der Waals surface area contributed by atoms with Gasteiger partial charge in [-0.15, -0.1) is 0 Å². The van der Waals surface area contributed by atoms with Crippen LogP contribution in [0.5, 0.6) is 5.75 Å². The second-order valence-corrected chi connectivity index (χ2v) is 8.01. The number of hydrogen-bond donors (Lipinski definition) is 2. The lowest BCUT2D eigenvalue weighted by molar-refractivity contribution is -0.0580. The number of piperidine rings is 2. The molecule has 0 radical (unpaired) electrons. The molecule has 2 aromatic rings. The predicted octanol–water partition coefficient (Wildman–Crippen LogP) is 2.91. The van der Waals surface area contributed by atoms with E-state index in [1.807, 2.05) is 13.0 Å². The summed E-state index contributed by atoms with van der Waals surface area (Å²) in [6.07, 6.45) is 3.34. The zero-order valence-electron chi connectivity index (χ0n) is 14.5. The summed E-state index contributed by atoms with van der Waals surface area (Å²) in [5, 5.41) is 11.7. The number of nitrogens with zero attached hydrogens (tertiary/aromatic N) is 1. The number of aromatic amines is 1. The van der Waals surface area contributed by atoms with Gasteiger partial charge in [-0.05, 0) is 55.9 Å². The summed E-state index contributed by atoms with van der Waals surface area (Å²) in [5.74, 6) is 2.61. The summed E-state index contributed by atoms with van der Waals surface area (Å²) in [6.45, 7) is 4.31. The Kier molecular flexibility index (Phi) is 3.23. The van der Waals surface area contributed by atoms with E-state index in [4.69, 9.17) is 4.74 Å². The van der Waals surface area contributed by atoms with Crippen LogP contribution < -0.4 is 4.74 Å². The Hall–Kier alpha value is -1.52. The molecule has 6 atom stereocenters. The Bertz CT molecular complexity index is 781. The largest absolute Gasteiger partial charge is 0.497 e. The van der Waals surface area contributed by atoms with Gasteiger partial charge < -0.3 is 14.8 Å². The van der Waals surface area contributed by atoms with Crippen molar-refractivity contribution in [1.29, 1.82) is 0 Å². The molecule has 4 nitrogen and oxygen atoms in total. The van der Waals surface area contributed by atoms with Crippen molar-refractivity contribution in [3.8, 4) is 5.75 Å². The Balaban J connectivity index is 1.65. The van der Waals surface area contributed by atoms with Crippen LogP contribution in [-0.2, 0) is 6.42 Å². The molecule has 1 aromatic heterocycles. The van der Waals surface area contributed by atoms with Crippen molar-refractivity contribution in [3.05, 3.63) is 29.5 Å². The maximum Gasteiger partial charge on any atom is 0.119 e. The van der Waals surface area contributed by atoms with Crippen molar-refractivity contribution in [2.45, 2.75) is 44.2 Å². The fourth-order valence-corrected chi connectivity index (χ4v) is 5.77. The van der Waals surface area contributed by atoms with Gasteiger partial charge in [0, 0.05) is 47.6 Å². The molecule has 4 aliphatic rings. The van der Waals surface area contributed by atoms with Gasteiger partial charge in [0.15, 0.2) is 0 Å². The molecule has 6 unspecified atom stereocenters. The van der Waals surface area contributed by atoms with E-state index in [2.05, 4.69) is 22.0 Å². The number of ether oxygens (including phenoxy) is 1. The van der Waals surface area contributed by atoms with E-state index in [1.165, 1.54) is 41.5 Å². The number of aliphatic hydroxyl groups excluding tert-OH is 1. The molecule has 3 aliphatic heterocycles. The molecule has 128 valence electrons. The number of aromatic nitrogens is 1. The zero-order valence-corrected chi connectivity index (χ0v) is 14.5. The normalized spacial score (nSPS) is 35.5. The number of H-pyrrole nitrogens is 1.